The molecule has 4 heteroatoms. The minimum atomic E-state index is -0.114. The van der Waals surface area contributed by atoms with Gasteiger partial charge in [-0.05, 0) is 31.0 Å². The summed E-state index contributed by atoms with van der Waals surface area (Å²) in [6, 6.07) is 7.44. The number of nitrogens with one attached hydrogen (secondary N) is 1. The average Bonchev–Trinajstić information content (AvgIpc) is 2.30. The molecule has 1 unspecified atom stereocenters. The Morgan fingerprint density at radius 1 is 1.53 bits per heavy atom. The second kappa shape index (κ2) is 6.62. The number of carbonyl (C=O) groups is 1. The number of benzene rings is 1. The minimum absolute atomic E-state index is 0.00229. The molecule has 1 rings (SSSR count). The molecule has 0 bridgehead atoms. The van der Waals surface area contributed by atoms with E-state index in [1.165, 1.54) is 0 Å². The number of rotatable bonds is 5. The zero-order valence-electron chi connectivity index (χ0n) is 10.2. The van der Waals surface area contributed by atoms with Gasteiger partial charge in [0.25, 0.3) is 0 Å². The van der Waals surface area contributed by atoms with E-state index in [0.29, 0.717) is 11.6 Å². The van der Waals surface area contributed by atoms with E-state index in [1.54, 1.807) is 0 Å². The third kappa shape index (κ3) is 4.02. The van der Waals surface area contributed by atoms with Gasteiger partial charge in [0.2, 0.25) is 5.91 Å². The van der Waals surface area contributed by atoms with Gasteiger partial charge < -0.3 is 11.1 Å². The van der Waals surface area contributed by atoms with Crippen LogP contribution >= 0.6 is 11.6 Å². The van der Waals surface area contributed by atoms with Crippen LogP contribution in [-0.2, 0) is 4.79 Å². The number of halogens is 1. The highest BCUT2D eigenvalue weighted by atomic mass is 35.5. The Morgan fingerprint density at radius 2 is 2.24 bits per heavy atom. The molecule has 1 amide bonds. The summed E-state index contributed by atoms with van der Waals surface area (Å²) in [4.78, 5) is 11.8. The van der Waals surface area contributed by atoms with Crippen LogP contribution in [0.3, 0.4) is 0 Å². The summed E-state index contributed by atoms with van der Waals surface area (Å²) in [5, 5.41) is 3.62. The number of nitrogens with two attached hydrogens (primary N) is 1. The van der Waals surface area contributed by atoms with Crippen LogP contribution in [0.4, 0.5) is 0 Å². The lowest BCUT2D eigenvalue weighted by molar-refractivity contribution is -0.125. The van der Waals surface area contributed by atoms with E-state index in [0.717, 1.165) is 12.0 Å². The molecule has 94 valence electrons. The van der Waals surface area contributed by atoms with Crippen molar-refractivity contribution in [3.63, 3.8) is 0 Å². The van der Waals surface area contributed by atoms with Crippen LogP contribution in [0.1, 0.15) is 31.9 Å². The highest BCUT2D eigenvalue weighted by molar-refractivity contribution is 6.30. The second-order valence-corrected chi connectivity index (χ2v) is 4.56. The monoisotopic (exact) mass is 254 g/mol. The summed E-state index contributed by atoms with van der Waals surface area (Å²) >= 11 is 5.91. The van der Waals surface area contributed by atoms with Crippen LogP contribution in [0.5, 0.6) is 0 Å². The zero-order chi connectivity index (χ0) is 12.8. The van der Waals surface area contributed by atoms with Crippen molar-refractivity contribution >= 4 is 17.5 Å². The van der Waals surface area contributed by atoms with Crippen molar-refractivity contribution in [3.8, 4) is 0 Å². The average molecular weight is 255 g/mol. The molecule has 0 heterocycles. The van der Waals surface area contributed by atoms with Gasteiger partial charge in [0.05, 0.1) is 6.04 Å². The summed E-state index contributed by atoms with van der Waals surface area (Å²) in [5.41, 5.74) is 6.54. The van der Waals surface area contributed by atoms with Crippen LogP contribution in [0, 0.1) is 5.92 Å². The lowest BCUT2D eigenvalue weighted by atomic mass is 10.0. The van der Waals surface area contributed by atoms with E-state index in [4.69, 9.17) is 17.3 Å². The van der Waals surface area contributed by atoms with Crippen LogP contribution in [0.25, 0.3) is 0 Å². The van der Waals surface area contributed by atoms with Crippen molar-refractivity contribution in [2.45, 2.75) is 26.3 Å². The van der Waals surface area contributed by atoms with Crippen LogP contribution in [-0.4, -0.2) is 12.5 Å². The second-order valence-electron chi connectivity index (χ2n) is 4.13. The van der Waals surface area contributed by atoms with E-state index in [9.17, 15) is 4.79 Å². The van der Waals surface area contributed by atoms with Crippen molar-refractivity contribution in [1.29, 1.82) is 0 Å². The maximum atomic E-state index is 11.8. The van der Waals surface area contributed by atoms with Gasteiger partial charge in [-0.2, -0.15) is 0 Å². The molecule has 17 heavy (non-hydrogen) atoms. The quantitative estimate of drug-likeness (QED) is 0.848. The molecule has 0 fully saturated rings. The lowest BCUT2D eigenvalue weighted by Crippen LogP contribution is -2.36. The normalized spacial score (nSPS) is 14.1. The van der Waals surface area contributed by atoms with Gasteiger partial charge in [-0.15, -0.1) is 0 Å². The van der Waals surface area contributed by atoms with Gasteiger partial charge in [-0.1, -0.05) is 30.7 Å². The third-order valence-corrected chi connectivity index (χ3v) is 3.09. The number of carbonyl (C=O) groups excluding carboxylic acids is 1. The van der Waals surface area contributed by atoms with Crippen LogP contribution in [0.2, 0.25) is 5.02 Å². The molecule has 0 saturated carbocycles. The van der Waals surface area contributed by atoms with Crippen LogP contribution < -0.4 is 11.1 Å². The fraction of sp³-hybridized carbons (Fsp3) is 0.462. The number of hydrogen-bond acceptors (Lipinski definition) is 2. The van der Waals surface area contributed by atoms with Gasteiger partial charge in [-0.3, -0.25) is 4.79 Å². The highest BCUT2D eigenvalue weighted by Crippen LogP contribution is 2.17. The van der Waals surface area contributed by atoms with Gasteiger partial charge in [-0.25, -0.2) is 0 Å². The van der Waals surface area contributed by atoms with Gasteiger partial charge in [0, 0.05) is 17.5 Å². The Bertz CT molecular complexity index is 377. The van der Waals surface area contributed by atoms with Crippen molar-refractivity contribution < 1.29 is 4.79 Å². The first-order valence-corrected chi connectivity index (χ1v) is 6.22. The Kier molecular flexibility index (Phi) is 5.45. The zero-order valence-corrected chi connectivity index (χ0v) is 11.0. The smallest absolute Gasteiger partial charge is 0.224 e. The number of amides is 1. The van der Waals surface area contributed by atoms with Crippen molar-refractivity contribution in [1.82, 2.24) is 5.32 Å². The molecule has 2 atom stereocenters. The number of hydrogen-bond donors (Lipinski definition) is 2. The topological polar surface area (TPSA) is 55.1 Å². The highest BCUT2D eigenvalue weighted by Gasteiger charge is 2.17. The van der Waals surface area contributed by atoms with Crippen molar-refractivity contribution in [2.75, 3.05) is 6.54 Å². The summed E-state index contributed by atoms with van der Waals surface area (Å²) in [6.07, 6.45) is 0.755. The van der Waals surface area contributed by atoms with E-state index < -0.39 is 0 Å². The van der Waals surface area contributed by atoms with E-state index in [-0.39, 0.29) is 17.9 Å². The fourth-order valence-electron chi connectivity index (χ4n) is 1.65. The summed E-state index contributed by atoms with van der Waals surface area (Å²) < 4.78 is 0. The van der Waals surface area contributed by atoms with E-state index in [1.807, 2.05) is 38.1 Å². The standard InChI is InChI=1S/C13H19ClN2O/c1-3-10(8-15)13(17)16-9(2)11-5-4-6-12(14)7-11/h4-7,9-10H,3,8,15H2,1-2H3,(H,16,17)/t9-,10?/m1/s1. The summed E-state index contributed by atoms with van der Waals surface area (Å²) in [5.74, 6) is -0.112. The SMILES string of the molecule is CCC(CN)C(=O)N[C@H](C)c1cccc(Cl)c1. The molecule has 3 N–H and O–H groups in total. The molecule has 0 spiro atoms. The van der Waals surface area contributed by atoms with E-state index in [2.05, 4.69) is 5.32 Å². The van der Waals surface area contributed by atoms with E-state index >= 15 is 0 Å². The molecule has 0 aliphatic rings. The maximum Gasteiger partial charge on any atom is 0.224 e. The lowest BCUT2D eigenvalue weighted by Gasteiger charge is -2.18. The van der Waals surface area contributed by atoms with Crippen LogP contribution in [0.15, 0.2) is 24.3 Å². The molecule has 0 aliphatic carbocycles. The van der Waals surface area contributed by atoms with Gasteiger partial charge >= 0.3 is 0 Å². The molecule has 3 nitrogen and oxygen atoms in total. The van der Waals surface area contributed by atoms with Crippen molar-refractivity contribution in [2.24, 2.45) is 11.7 Å². The molecule has 0 aliphatic heterocycles. The first-order chi connectivity index (χ1) is 8.08. The van der Waals surface area contributed by atoms with Crippen molar-refractivity contribution in [3.05, 3.63) is 34.9 Å². The first-order valence-electron chi connectivity index (χ1n) is 5.84. The Morgan fingerprint density at radius 3 is 2.76 bits per heavy atom. The predicted molar refractivity (Wildman–Crippen MR) is 70.8 cm³/mol. The molecule has 0 radical (unpaired) electrons. The fourth-order valence-corrected chi connectivity index (χ4v) is 1.85. The summed E-state index contributed by atoms with van der Waals surface area (Å²) in [7, 11) is 0. The predicted octanol–water partition coefficient (Wildman–Crippen LogP) is 2.50. The largest absolute Gasteiger partial charge is 0.349 e. The Labute approximate surface area is 107 Å². The molecular weight excluding hydrogens is 236 g/mol. The van der Waals surface area contributed by atoms with Gasteiger partial charge in [0.1, 0.15) is 0 Å². The molecule has 0 saturated heterocycles. The summed E-state index contributed by atoms with van der Waals surface area (Å²) in [6.45, 7) is 4.28. The molecule has 1 aromatic rings. The molecule has 0 aromatic heterocycles. The first kappa shape index (κ1) is 14.0. The Balaban J connectivity index is 2.66. The maximum absolute atomic E-state index is 11.8. The Hall–Kier alpha value is -1.06. The molecular formula is C13H19ClN2O. The minimum Gasteiger partial charge on any atom is -0.349 e. The molecule has 1 aromatic carbocycles. The third-order valence-electron chi connectivity index (χ3n) is 2.86. The van der Waals surface area contributed by atoms with Gasteiger partial charge in [0.15, 0.2) is 0 Å².